The molecule has 2 aliphatic heterocycles. The maximum atomic E-state index is 12.9. The van der Waals surface area contributed by atoms with Gasteiger partial charge in [0.25, 0.3) is 5.91 Å². The highest BCUT2D eigenvalue weighted by Crippen LogP contribution is 2.23. The van der Waals surface area contributed by atoms with Crippen molar-refractivity contribution in [1.82, 2.24) is 14.7 Å². The number of hydrogen-bond donors (Lipinski definition) is 0. The first-order valence-electron chi connectivity index (χ1n) is 8.90. The SMILES string of the molecule is C=S1(=O)CCC(N2CCn3nc(COc4ccccc4)cc3C2=O)CC1. The van der Waals surface area contributed by atoms with E-state index < -0.39 is 9.52 Å². The summed E-state index contributed by atoms with van der Waals surface area (Å²) >= 11 is 0. The highest BCUT2D eigenvalue weighted by molar-refractivity contribution is 8.00. The normalized spacial score (nSPS) is 25.8. The van der Waals surface area contributed by atoms with Crippen LogP contribution >= 0.6 is 0 Å². The van der Waals surface area contributed by atoms with E-state index in [1.807, 2.05) is 41.3 Å². The third kappa shape index (κ3) is 3.49. The second-order valence-electron chi connectivity index (χ2n) is 6.95. The number of rotatable bonds is 4. The van der Waals surface area contributed by atoms with Crippen LogP contribution < -0.4 is 4.74 Å². The summed E-state index contributed by atoms with van der Waals surface area (Å²) in [5, 5.41) is 4.51. The van der Waals surface area contributed by atoms with Gasteiger partial charge in [-0.15, -0.1) is 0 Å². The molecule has 1 aromatic carbocycles. The van der Waals surface area contributed by atoms with Crippen molar-refractivity contribution in [3.05, 3.63) is 47.8 Å². The Kier molecular flexibility index (Phi) is 4.48. The predicted molar refractivity (Wildman–Crippen MR) is 102 cm³/mol. The lowest BCUT2D eigenvalue weighted by atomic mass is 10.1. The Hall–Kier alpha value is -2.28. The number of carbonyl (C=O) groups is 1. The summed E-state index contributed by atoms with van der Waals surface area (Å²) in [5.74, 6) is 5.82. The summed E-state index contributed by atoms with van der Waals surface area (Å²) in [7, 11) is -1.93. The molecule has 0 aliphatic carbocycles. The molecule has 1 saturated heterocycles. The molecule has 0 atom stereocenters. The summed E-state index contributed by atoms with van der Waals surface area (Å²) in [6.45, 7) is 1.67. The van der Waals surface area contributed by atoms with Gasteiger partial charge in [-0.05, 0) is 46.4 Å². The fourth-order valence-corrected chi connectivity index (χ4v) is 5.22. The van der Waals surface area contributed by atoms with Gasteiger partial charge in [0.1, 0.15) is 23.7 Å². The molecule has 1 fully saturated rings. The molecule has 0 spiro atoms. The fourth-order valence-electron chi connectivity index (χ4n) is 3.62. The zero-order valence-electron chi connectivity index (χ0n) is 14.7. The molecule has 1 aromatic heterocycles. The van der Waals surface area contributed by atoms with E-state index in [0.717, 1.165) is 24.3 Å². The third-order valence-electron chi connectivity index (χ3n) is 5.08. The number of amides is 1. The molecule has 0 saturated carbocycles. The molecule has 0 N–H and O–H groups in total. The Balaban J connectivity index is 1.44. The standard InChI is InChI=1S/C19H23N3O3S/c1-26(24)11-7-16(8-12-26)21-9-10-22-18(19(21)23)13-15(20-22)14-25-17-5-3-2-4-6-17/h2-6,13,16H,1,7-12,14H2. The number of benzene rings is 1. The van der Waals surface area contributed by atoms with E-state index in [4.69, 9.17) is 4.74 Å². The van der Waals surface area contributed by atoms with E-state index in [1.54, 1.807) is 4.68 Å². The minimum atomic E-state index is -1.93. The van der Waals surface area contributed by atoms with E-state index in [0.29, 0.717) is 36.9 Å². The number of nitrogens with zero attached hydrogens (tertiary/aromatic N) is 3. The van der Waals surface area contributed by atoms with Crippen LogP contribution in [-0.4, -0.2) is 54.8 Å². The first-order valence-corrected chi connectivity index (χ1v) is 11.0. The molecule has 4 rings (SSSR count). The number of fused-ring (bicyclic) bond motifs is 1. The molecular formula is C19H23N3O3S. The number of hydrogen-bond acceptors (Lipinski definition) is 4. The molecular weight excluding hydrogens is 350 g/mol. The Morgan fingerprint density at radius 3 is 2.65 bits per heavy atom. The van der Waals surface area contributed by atoms with Crippen molar-refractivity contribution < 1.29 is 13.7 Å². The molecule has 2 aliphatic rings. The molecule has 7 heteroatoms. The Morgan fingerprint density at radius 1 is 1.19 bits per heavy atom. The molecule has 26 heavy (non-hydrogen) atoms. The predicted octanol–water partition coefficient (Wildman–Crippen LogP) is 1.80. The average Bonchev–Trinajstić information content (AvgIpc) is 3.06. The summed E-state index contributed by atoms with van der Waals surface area (Å²) in [4.78, 5) is 14.8. The second kappa shape index (κ2) is 6.79. The minimum Gasteiger partial charge on any atom is -0.487 e. The third-order valence-corrected chi connectivity index (χ3v) is 7.04. The van der Waals surface area contributed by atoms with E-state index in [1.165, 1.54) is 0 Å². The largest absolute Gasteiger partial charge is 0.487 e. The Morgan fingerprint density at radius 2 is 1.92 bits per heavy atom. The van der Waals surface area contributed by atoms with Crippen molar-refractivity contribution in [2.45, 2.75) is 32.0 Å². The van der Waals surface area contributed by atoms with Crippen molar-refractivity contribution in [1.29, 1.82) is 0 Å². The summed E-state index contributed by atoms with van der Waals surface area (Å²) in [5.41, 5.74) is 1.37. The lowest BCUT2D eigenvalue weighted by molar-refractivity contribution is 0.0597. The van der Waals surface area contributed by atoms with Gasteiger partial charge in [-0.1, -0.05) is 18.2 Å². The highest BCUT2D eigenvalue weighted by Gasteiger charge is 2.33. The lowest BCUT2D eigenvalue weighted by Crippen LogP contribution is -2.49. The van der Waals surface area contributed by atoms with Crippen molar-refractivity contribution in [3.8, 4) is 5.75 Å². The molecule has 0 unspecified atom stereocenters. The zero-order valence-corrected chi connectivity index (χ0v) is 15.5. The average molecular weight is 373 g/mol. The Bertz CT molecular complexity index is 891. The maximum Gasteiger partial charge on any atom is 0.272 e. The summed E-state index contributed by atoms with van der Waals surface area (Å²) < 4.78 is 19.6. The van der Waals surface area contributed by atoms with Crippen LogP contribution in [0.1, 0.15) is 29.0 Å². The van der Waals surface area contributed by atoms with Gasteiger partial charge in [0.15, 0.2) is 0 Å². The first-order chi connectivity index (χ1) is 12.5. The molecule has 2 aromatic rings. The van der Waals surface area contributed by atoms with Crippen molar-refractivity contribution in [2.75, 3.05) is 18.1 Å². The van der Waals surface area contributed by atoms with Gasteiger partial charge in [0.05, 0.1) is 6.54 Å². The molecule has 0 bridgehead atoms. The van der Waals surface area contributed by atoms with Crippen LogP contribution in [-0.2, 0) is 22.7 Å². The minimum absolute atomic E-state index is 0.0113. The summed E-state index contributed by atoms with van der Waals surface area (Å²) in [6.07, 6.45) is 1.54. The fraction of sp³-hybridized carbons (Fsp3) is 0.421. The molecule has 1 amide bonds. The Labute approximate surface area is 153 Å². The molecule has 6 nitrogen and oxygen atoms in total. The lowest BCUT2D eigenvalue weighted by Gasteiger charge is -2.37. The van der Waals surface area contributed by atoms with Crippen molar-refractivity contribution >= 4 is 21.3 Å². The number of para-hydroxylation sites is 1. The van der Waals surface area contributed by atoms with Crippen molar-refractivity contribution in [3.63, 3.8) is 0 Å². The van der Waals surface area contributed by atoms with Gasteiger partial charge in [-0.2, -0.15) is 5.10 Å². The number of carbonyl (C=O) groups excluding carboxylic acids is 1. The zero-order chi connectivity index (χ0) is 18.1. The van der Waals surface area contributed by atoms with Crippen LogP contribution in [0, 0.1) is 0 Å². The highest BCUT2D eigenvalue weighted by atomic mass is 32.2. The van der Waals surface area contributed by atoms with Gasteiger partial charge in [-0.25, -0.2) is 0 Å². The van der Waals surface area contributed by atoms with E-state index >= 15 is 0 Å². The van der Waals surface area contributed by atoms with Gasteiger partial charge in [-0.3, -0.25) is 13.7 Å². The maximum absolute atomic E-state index is 12.9. The van der Waals surface area contributed by atoms with Crippen LogP contribution in [0.25, 0.3) is 0 Å². The summed E-state index contributed by atoms with van der Waals surface area (Å²) in [6, 6.07) is 11.6. The van der Waals surface area contributed by atoms with Crippen molar-refractivity contribution in [2.24, 2.45) is 0 Å². The van der Waals surface area contributed by atoms with Crippen LogP contribution in [0.4, 0.5) is 0 Å². The van der Waals surface area contributed by atoms with Gasteiger partial charge >= 0.3 is 0 Å². The van der Waals surface area contributed by atoms with Crippen LogP contribution in [0.2, 0.25) is 0 Å². The topological polar surface area (TPSA) is 64.4 Å². The van der Waals surface area contributed by atoms with Gasteiger partial charge in [0, 0.05) is 24.1 Å². The number of ether oxygens (including phenoxy) is 1. The molecule has 0 radical (unpaired) electrons. The van der Waals surface area contributed by atoms with Crippen LogP contribution in [0.3, 0.4) is 0 Å². The second-order valence-corrected chi connectivity index (χ2v) is 9.70. The van der Waals surface area contributed by atoms with Crippen LogP contribution in [0.15, 0.2) is 36.4 Å². The number of aromatic nitrogens is 2. The smallest absolute Gasteiger partial charge is 0.272 e. The van der Waals surface area contributed by atoms with Gasteiger partial charge in [0.2, 0.25) is 0 Å². The van der Waals surface area contributed by atoms with Crippen LogP contribution in [0.5, 0.6) is 5.75 Å². The van der Waals surface area contributed by atoms with Gasteiger partial charge < -0.3 is 9.64 Å². The quantitative estimate of drug-likeness (QED) is 0.767. The molecule has 3 heterocycles. The van der Waals surface area contributed by atoms with E-state index in [9.17, 15) is 9.00 Å². The van der Waals surface area contributed by atoms with E-state index in [2.05, 4.69) is 11.0 Å². The molecule has 138 valence electrons. The monoisotopic (exact) mass is 373 g/mol. The van der Waals surface area contributed by atoms with E-state index in [-0.39, 0.29) is 11.9 Å². The first kappa shape index (κ1) is 17.1.